The number of halogens is 3. The van der Waals surface area contributed by atoms with Crippen LogP contribution in [-0.4, -0.2) is 25.8 Å². The van der Waals surface area contributed by atoms with E-state index in [2.05, 4.69) is 64.2 Å². The maximum atomic E-state index is 12.3. The average Bonchev–Trinajstić information content (AvgIpc) is 3.11. The first-order valence-electron chi connectivity index (χ1n) is 8.08. The van der Waals surface area contributed by atoms with E-state index < -0.39 is 5.91 Å². The summed E-state index contributed by atoms with van der Waals surface area (Å²) in [5.41, 5.74) is 3.71. The van der Waals surface area contributed by atoms with Crippen LogP contribution in [0.5, 0.6) is 11.5 Å². The van der Waals surface area contributed by atoms with Crippen LogP contribution < -0.4 is 14.9 Å². The number of hydrazone groups is 1. The van der Waals surface area contributed by atoms with Crippen LogP contribution in [0.1, 0.15) is 16.1 Å². The molecule has 0 aliphatic carbocycles. The molecule has 29 heavy (non-hydrogen) atoms. The Bertz CT molecular complexity index is 1150. The van der Waals surface area contributed by atoms with Crippen molar-refractivity contribution in [2.45, 2.75) is 0 Å². The van der Waals surface area contributed by atoms with Gasteiger partial charge in [-0.2, -0.15) is 5.10 Å². The Morgan fingerprint density at radius 1 is 1.24 bits per heavy atom. The molecular formula is C20H13Br3N2O4. The molecule has 0 bridgehead atoms. The van der Waals surface area contributed by atoms with Crippen molar-refractivity contribution < 1.29 is 18.7 Å². The fraction of sp³-hybridized carbons (Fsp3) is 0.100. The Hall–Kier alpha value is -2.28. The summed E-state index contributed by atoms with van der Waals surface area (Å²) < 4.78 is 18.7. The molecule has 0 unspecified atom stereocenters. The van der Waals surface area contributed by atoms with Gasteiger partial charge in [-0.15, -0.1) is 6.42 Å². The first kappa shape index (κ1) is 21.4. The Labute approximate surface area is 192 Å². The molecule has 1 N–H and O–H groups in total. The van der Waals surface area contributed by atoms with Crippen molar-refractivity contribution >= 4 is 70.9 Å². The number of rotatable bonds is 6. The number of hydrogen-bond donors (Lipinski definition) is 1. The zero-order valence-corrected chi connectivity index (χ0v) is 19.7. The van der Waals surface area contributed by atoms with Gasteiger partial charge < -0.3 is 13.9 Å². The van der Waals surface area contributed by atoms with Crippen molar-refractivity contribution in [3.05, 3.63) is 55.1 Å². The second kappa shape index (κ2) is 9.48. The maximum absolute atomic E-state index is 12.3. The van der Waals surface area contributed by atoms with Crippen LogP contribution in [0.3, 0.4) is 0 Å². The first-order chi connectivity index (χ1) is 13.9. The van der Waals surface area contributed by atoms with Crippen molar-refractivity contribution in [3.63, 3.8) is 0 Å². The molecule has 9 heteroatoms. The van der Waals surface area contributed by atoms with Crippen LogP contribution in [0.2, 0.25) is 0 Å². The topological polar surface area (TPSA) is 73.1 Å². The van der Waals surface area contributed by atoms with Crippen LogP contribution in [0.25, 0.3) is 11.0 Å². The molecule has 0 fully saturated rings. The quantitative estimate of drug-likeness (QED) is 0.236. The Morgan fingerprint density at radius 2 is 2.03 bits per heavy atom. The van der Waals surface area contributed by atoms with Crippen molar-refractivity contribution in [2.24, 2.45) is 5.10 Å². The molecule has 0 atom stereocenters. The highest BCUT2D eigenvalue weighted by molar-refractivity contribution is 9.11. The predicted molar refractivity (Wildman–Crippen MR) is 122 cm³/mol. The van der Waals surface area contributed by atoms with Crippen molar-refractivity contribution in [1.82, 2.24) is 5.43 Å². The van der Waals surface area contributed by atoms with Gasteiger partial charge in [-0.1, -0.05) is 21.9 Å². The molecule has 1 aromatic heterocycles. The van der Waals surface area contributed by atoms with Crippen LogP contribution >= 0.6 is 47.8 Å². The van der Waals surface area contributed by atoms with Gasteiger partial charge in [0.1, 0.15) is 12.2 Å². The molecule has 2 aromatic carbocycles. The van der Waals surface area contributed by atoms with Crippen molar-refractivity contribution in [1.29, 1.82) is 0 Å². The number of methoxy groups -OCH3 is 1. The zero-order chi connectivity index (χ0) is 21.0. The number of furan rings is 1. The minimum atomic E-state index is -0.472. The van der Waals surface area contributed by atoms with Gasteiger partial charge in [0.2, 0.25) is 0 Å². The summed E-state index contributed by atoms with van der Waals surface area (Å²) >= 11 is 10.2. The Balaban J connectivity index is 1.76. The predicted octanol–water partition coefficient (Wildman–Crippen LogP) is 5.50. The summed E-state index contributed by atoms with van der Waals surface area (Å²) in [6.07, 6.45) is 6.70. The molecule has 0 aliphatic rings. The molecule has 0 saturated heterocycles. The molecule has 0 radical (unpaired) electrons. The SMILES string of the molecule is C#CCOc1c(Br)cc(/C=N\NC(=O)c2cc3cc(Br)cc(Br)c3o2)cc1OC. The van der Waals surface area contributed by atoms with Crippen molar-refractivity contribution in [3.8, 4) is 23.8 Å². The summed E-state index contributed by atoms with van der Waals surface area (Å²) in [5, 5.41) is 4.77. The lowest BCUT2D eigenvalue weighted by Gasteiger charge is -2.11. The second-order valence-corrected chi connectivity index (χ2v) is 8.27. The molecule has 3 aromatic rings. The number of carbonyl (C=O) groups excluding carboxylic acids is 1. The van der Waals surface area contributed by atoms with Gasteiger partial charge in [0, 0.05) is 9.86 Å². The monoisotopic (exact) mass is 582 g/mol. The van der Waals surface area contributed by atoms with E-state index in [0.717, 1.165) is 14.3 Å². The maximum Gasteiger partial charge on any atom is 0.307 e. The summed E-state index contributed by atoms with van der Waals surface area (Å²) in [6, 6.07) is 8.82. The highest BCUT2D eigenvalue weighted by atomic mass is 79.9. The zero-order valence-electron chi connectivity index (χ0n) is 15.0. The van der Waals surface area contributed by atoms with Gasteiger partial charge in [-0.05, 0) is 67.8 Å². The van der Waals surface area contributed by atoms with E-state index in [0.29, 0.717) is 27.1 Å². The normalized spacial score (nSPS) is 10.9. The van der Waals surface area contributed by atoms with Crippen molar-refractivity contribution in [2.75, 3.05) is 13.7 Å². The van der Waals surface area contributed by atoms with Crippen LogP contribution in [-0.2, 0) is 0 Å². The van der Waals surface area contributed by atoms with Gasteiger partial charge in [-0.25, -0.2) is 5.43 Å². The number of amides is 1. The number of nitrogens with zero attached hydrogens (tertiary/aromatic N) is 1. The van der Waals surface area contributed by atoms with E-state index in [1.165, 1.54) is 13.3 Å². The minimum absolute atomic E-state index is 0.114. The van der Waals surface area contributed by atoms with Gasteiger partial charge in [0.25, 0.3) is 0 Å². The molecule has 3 rings (SSSR count). The molecule has 0 spiro atoms. The lowest BCUT2D eigenvalue weighted by Crippen LogP contribution is -2.16. The summed E-state index contributed by atoms with van der Waals surface area (Å²) in [5.74, 6) is 3.05. The van der Waals surface area contributed by atoms with Crippen LogP contribution in [0.15, 0.2) is 53.3 Å². The smallest absolute Gasteiger partial charge is 0.307 e. The number of terminal acetylenes is 1. The number of benzene rings is 2. The highest BCUT2D eigenvalue weighted by Crippen LogP contribution is 2.36. The minimum Gasteiger partial charge on any atom is -0.493 e. The molecule has 1 amide bonds. The number of fused-ring (bicyclic) bond motifs is 1. The number of ether oxygens (including phenoxy) is 2. The van der Waals surface area contributed by atoms with E-state index in [1.807, 2.05) is 12.1 Å². The van der Waals surface area contributed by atoms with Crippen LogP contribution in [0, 0.1) is 12.3 Å². The highest BCUT2D eigenvalue weighted by Gasteiger charge is 2.14. The Morgan fingerprint density at radius 3 is 2.76 bits per heavy atom. The third kappa shape index (κ3) is 5.01. The fourth-order valence-electron chi connectivity index (χ4n) is 2.48. The number of hydrogen-bond acceptors (Lipinski definition) is 5. The largest absolute Gasteiger partial charge is 0.493 e. The van der Waals surface area contributed by atoms with Gasteiger partial charge >= 0.3 is 5.91 Å². The van der Waals surface area contributed by atoms with E-state index in [1.54, 1.807) is 18.2 Å². The lowest BCUT2D eigenvalue weighted by atomic mass is 10.2. The van der Waals surface area contributed by atoms with Gasteiger partial charge in [0.15, 0.2) is 17.3 Å². The molecule has 148 valence electrons. The number of nitrogens with one attached hydrogen (secondary N) is 1. The summed E-state index contributed by atoms with van der Waals surface area (Å²) in [7, 11) is 1.52. The molecule has 1 heterocycles. The van der Waals surface area contributed by atoms with E-state index >= 15 is 0 Å². The van der Waals surface area contributed by atoms with E-state index in [-0.39, 0.29) is 12.4 Å². The summed E-state index contributed by atoms with van der Waals surface area (Å²) in [4.78, 5) is 12.3. The third-order valence-corrected chi connectivity index (χ3v) is 5.33. The van der Waals surface area contributed by atoms with Gasteiger partial charge in [-0.3, -0.25) is 4.79 Å². The molecular weight excluding hydrogens is 572 g/mol. The first-order valence-corrected chi connectivity index (χ1v) is 10.5. The summed E-state index contributed by atoms with van der Waals surface area (Å²) in [6.45, 7) is 0.114. The third-order valence-electron chi connectivity index (χ3n) is 3.69. The van der Waals surface area contributed by atoms with E-state index in [4.69, 9.17) is 20.3 Å². The molecule has 0 saturated carbocycles. The van der Waals surface area contributed by atoms with E-state index in [9.17, 15) is 4.79 Å². The molecule has 6 nitrogen and oxygen atoms in total. The fourth-order valence-corrected chi connectivity index (χ4v) is 4.39. The molecule has 0 aliphatic heterocycles. The lowest BCUT2D eigenvalue weighted by molar-refractivity contribution is 0.0929. The average molecular weight is 585 g/mol. The standard InChI is InChI=1S/C20H13Br3N2O4/c1-3-4-28-19-14(22)5-11(6-16(19)27-2)10-24-25-20(26)17-8-12-7-13(21)9-15(23)18(12)29-17/h1,5-10H,4H2,2H3,(H,25,26)/b24-10-. The second-order valence-electron chi connectivity index (χ2n) is 5.64. The van der Waals surface area contributed by atoms with Crippen LogP contribution in [0.4, 0.5) is 0 Å². The van der Waals surface area contributed by atoms with Gasteiger partial charge in [0.05, 0.1) is 22.3 Å². The number of carbonyl (C=O) groups is 1. The Kier molecular flexibility index (Phi) is 7.00.